The first-order valence-electron chi connectivity index (χ1n) is 11.7. The van der Waals surface area contributed by atoms with Crippen LogP contribution in [-0.4, -0.2) is 33.7 Å². The third kappa shape index (κ3) is 5.50. The van der Waals surface area contributed by atoms with E-state index in [4.69, 9.17) is 16.0 Å². The van der Waals surface area contributed by atoms with E-state index >= 15 is 0 Å². The molecule has 7 heteroatoms. The van der Waals surface area contributed by atoms with Crippen molar-refractivity contribution in [3.05, 3.63) is 98.9 Å². The third-order valence-corrected chi connectivity index (χ3v) is 6.69. The summed E-state index contributed by atoms with van der Waals surface area (Å²) in [5, 5.41) is 11.1. The lowest BCUT2D eigenvalue weighted by molar-refractivity contribution is -0.00868. The SMILES string of the molecule is CC1(O)CCN(Cc2cc(=O)c3cc(C#Cc4ncc(-c5ccc(Cl)cc5)cc4F)ccc3o2)CC1. The Morgan fingerprint density at radius 1 is 1.08 bits per heavy atom. The first-order valence-corrected chi connectivity index (χ1v) is 12.1. The van der Waals surface area contributed by atoms with Crippen LogP contribution in [0.15, 0.2) is 70.0 Å². The first kappa shape index (κ1) is 24.2. The molecule has 1 fully saturated rings. The molecule has 4 aromatic rings. The molecule has 0 radical (unpaired) electrons. The second-order valence-corrected chi connectivity index (χ2v) is 9.81. The highest BCUT2D eigenvalue weighted by atomic mass is 35.5. The largest absolute Gasteiger partial charge is 0.459 e. The van der Waals surface area contributed by atoms with Crippen LogP contribution in [0.5, 0.6) is 0 Å². The molecule has 0 saturated carbocycles. The van der Waals surface area contributed by atoms with Crippen LogP contribution in [-0.2, 0) is 6.54 Å². The second-order valence-electron chi connectivity index (χ2n) is 9.37. The number of rotatable bonds is 3. The Morgan fingerprint density at radius 2 is 1.83 bits per heavy atom. The maximum Gasteiger partial charge on any atom is 0.193 e. The molecule has 36 heavy (non-hydrogen) atoms. The quantitative estimate of drug-likeness (QED) is 0.380. The van der Waals surface area contributed by atoms with Gasteiger partial charge in [0.2, 0.25) is 0 Å². The van der Waals surface area contributed by atoms with E-state index in [2.05, 4.69) is 21.7 Å². The van der Waals surface area contributed by atoms with E-state index in [1.807, 2.05) is 6.92 Å². The normalized spacial score (nSPS) is 15.4. The molecule has 1 saturated heterocycles. The molecule has 0 aliphatic carbocycles. The summed E-state index contributed by atoms with van der Waals surface area (Å²) in [6, 6.07) is 15.1. The predicted molar refractivity (Wildman–Crippen MR) is 138 cm³/mol. The number of nitrogens with zero attached hydrogens (tertiary/aromatic N) is 2. The zero-order valence-electron chi connectivity index (χ0n) is 19.7. The topological polar surface area (TPSA) is 66.6 Å². The molecule has 0 unspecified atom stereocenters. The highest BCUT2D eigenvalue weighted by Crippen LogP contribution is 2.24. The lowest BCUT2D eigenvalue weighted by atomic mass is 9.94. The molecule has 1 aliphatic rings. The molecule has 3 heterocycles. The van der Waals surface area contributed by atoms with Crippen molar-refractivity contribution < 1.29 is 13.9 Å². The number of aromatic nitrogens is 1. The monoisotopic (exact) mass is 502 g/mol. The number of hydrogen-bond acceptors (Lipinski definition) is 5. The molecule has 5 nitrogen and oxygen atoms in total. The minimum Gasteiger partial charge on any atom is -0.459 e. The number of hydrogen-bond donors (Lipinski definition) is 1. The van der Waals surface area contributed by atoms with Gasteiger partial charge in [0.05, 0.1) is 17.5 Å². The number of benzene rings is 2. The number of fused-ring (bicyclic) bond motifs is 1. The van der Waals surface area contributed by atoms with Gasteiger partial charge in [0.15, 0.2) is 11.2 Å². The number of aliphatic hydroxyl groups is 1. The second kappa shape index (κ2) is 9.87. The molecule has 0 amide bonds. The summed E-state index contributed by atoms with van der Waals surface area (Å²) in [6.45, 7) is 3.85. The summed E-state index contributed by atoms with van der Waals surface area (Å²) >= 11 is 5.91. The molecule has 182 valence electrons. The van der Waals surface area contributed by atoms with Crippen molar-refractivity contribution in [3.8, 4) is 23.0 Å². The summed E-state index contributed by atoms with van der Waals surface area (Å²) in [6.07, 6.45) is 2.94. The summed E-state index contributed by atoms with van der Waals surface area (Å²) in [7, 11) is 0. The Labute approximate surface area is 213 Å². The fourth-order valence-corrected chi connectivity index (χ4v) is 4.36. The van der Waals surface area contributed by atoms with Crippen molar-refractivity contribution in [3.63, 3.8) is 0 Å². The maximum absolute atomic E-state index is 14.6. The van der Waals surface area contributed by atoms with Gasteiger partial charge >= 0.3 is 0 Å². The molecule has 1 aliphatic heterocycles. The van der Waals surface area contributed by atoms with Gasteiger partial charge in [-0.15, -0.1) is 0 Å². The average Bonchev–Trinajstić information content (AvgIpc) is 2.85. The highest BCUT2D eigenvalue weighted by Gasteiger charge is 2.27. The van der Waals surface area contributed by atoms with Crippen LogP contribution in [0, 0.1) is 17.7 Å². The van der Waals surface area contributed by atoms with Crippen LogP contribution in [0.25, 0.3) is 22.1 Å². The van der Waals surface area contributed by atoms with Gasteiger partial charge in [-0.25, -0.2) is 9.37 Å². The Bertz CT molecular complexity index is 1540. The van der Waals surface area contributed by atoms with E-state index < -0.39 is 11.4 Å². The standard InChI is InChI=1S/C29H24ClFN2O3/c1-29(35)10-12-33(13-11-29)18-23-16-27(34)24-14-19(3-9-28(24)36-23)2-8-26-25(31)15-21(17-32-26)20-4-6-22(30)7-5-20/h3-7,9,14-17,35H,10-13,18H2,1H3. The van der Waals surface area contributed by atoms with E-state index in [-0.39, 0.29) is 11.1 Å². The highest BCUT2D eigenvalue weighted by molar-refractivity contribution is 6.30. The average molecular weight is 503 g/mol. The number of halogens is 2. The van der Waals surface area contributed by atoms with Gasteiger partial charge in [-0.05, 0) is 67.6 Å². The lowest BCUT2D eigenvalue weighted by Crippen LogP contribution is -2.42. The Hall–Kier alpha value is -3.50. The van der Waals surface area contributed by atoms with E-state index in [9.17, 15) is 14.3 Å². The molecular weight excluding hydrogens is 479 g/mol. The molecule has 5 rings (SSSR count). The van der Waals surface area contributed by atoms with Crippen molar-refractivity contribution in [1.29, 1.82) is 0 Å². The predicted octanol–water partition coefficient (Wildman–Crippen LogP) is 5.39. The Morgan fingerprint density at radius 3 is 2.56 bits per heavy atom. The molecule has 0 atom stereocenters. The van der Waals surface area contributed by atoms with Crippen molar-refractivity contribution in [2.45, 2.75) is 31.9 Å². The van der Waals surface area contributed by atoms with Crippen LogP contribution in [0.2, 0.25) is 5.02 Å². The number of pyridine rings is 1. The maximum atomic E-state index is 14.6. The summed E-state index contributed by atoms with van der Waals surface area (Å²) in [5.41, 5.74) is 1.70. The molecule has 2 aromatic heterocycles. The minimum absolute atomic E-state index is 0.0238. The van der Waals surface area contributed by atoms with Gasteiger partial charge in [0.1, 0.15) is 17.0 Å². The van der Waals surface area contributed by atoms with E-state index in [1.165, 1.54) is 12.1 Å². The molecule has 1 N–H and O–H groups in total. The number of piperidine rings is 1. The fraction of sp³-hybridized carbons (Fsp3) is 0.241. The van der Waals surface area contributed by atoms with Gasteiger partial charge in [-0.2, -0.15) is 0 Å². The zero-order valence-corrected chi connectivity index (χ0v) is 20.5. The Kier molecular flexibility index (Phi) is 6.63. The minimum atomic E-state index is -0.630. The zero-order chi connectivity index (χ0) is 25.3. The molecule has 2 aromatic carbocycles. The van der Waals surface area contributed by atoms with Gasteiger partial charge in [-0.3, -0.25) is 9.69 Å². The van der Waals surface area contributed by atoms with Gasteiger partial charge < -0.3 is 9.52 Å². The summed E-state index contributed by atoms with van der Waals surface area (Å²) in [4.78, 5) is 19.1. The molecule has 0 spiro atoms. The van der Waals surface area contributed by atoms with Crippen molar-refractivity contribution in [2.24, 2.45) is 0 Å². The molecule has 0 bridgehead atoms. The van der Waals surface area contributed by atoms with Crippen molar-refractivity contribution >= 4 is 22.6 Å². The van der Waals surface area contributed by atoms with Crippen LogP contribution in [0.3, 0.4) is 0 Å². The third-order valence-electron chi connectivity index (χ3n) is 6.43. The van der Waals surface area contributed by atoms with Crippen LogP contribution in [0.1, 0.15) is 36.8 Å². The van der Waals surface area contributed by atoms with Crippen molar-refractivity contribution in [2.75, 3.05) is 13.1 Å². The smallest absolute Gasteiger partial charge is 0.193 e. The van der Waals surface area contributed by atoms with Crippen LogP contribution >= 0.6 is 11.6 Å². The Balaban J connectivity index is 1.34. The van der Waals surface area contributed by atoms with Crippen LogP contribution in [0.4, 0.5) is 4.39 Å². The first-order chi connectivity index (χ1) is 17.3. The van der Waals surface area contributed by atoms with E-state index in [0.29, 0.717) is 52.3 Å². The van der Waals surface area contributed by atoms with Gasteiger partial charge in [0.25, 0.3) is 0 Å². The van der Waals surface area contributed by atoms with E-state index in [1.54, 1.807) is 48.7 Å². The summed E-state index contributed by atoms with van der Waals surface area (Å²) < 4.78 is 20.6. The summed E-state index contributed by atoms with van der Waals surface area (Å²) in [5.74, 6) is 5.70. The number of likely N-dealkylation sites (tertiary alicyclic amines) is 1. The van der Waals surface area contributed by atoms with E-state index in [0.717, 1.165) is 18.7 Å². The van der Waals surface area contributed by atoms with Crippen molar-refractivity contribution in [1.82, 2.24) is 9.88 Å². The molecular formula is C29H24ClFN2O3. The van der Waals surface area contributed by atoms with Gasteiger partial charge in [0, 0.05) is 41.5 Å². The lowest BCUT2D eigenvalue weighted by Gasteiger charge is -2.35. The van der Waals surface area contributed by atoms with Crippen LogP contribution < -0.4 is 5.43 Å². The fourth-order valence-electron chi connectivity index (χ4n) is 4.24. The van der Waals surface area contributed by atoms with Gasteiger partial charge in [-0.1, -0.05) is 29.7 Å².